The minimum Gasteiger partial charge on any atom is -0.354 e. The zero-order valence-corrected chi connectivity index (χ0v) is 16.8. The highest BCUT2D eigenvalue weighted by atomic mass is 32.2. The molecule has 1 saturated heterocycles. The van der Waals surface area contributed by atoms with Gasteiger partial charge >= 0.3 is 0 Å². The highest BCUT2D eigenvalue weighted by Crippen LogP contribution is 2.31. The number of hydrogen-bond donors (Lipinski definition) is 1. The molecule has 27 heavy (non-hydrogen) atoms. The minimum absolute atomic E-state index is 0.0528. The molecule has 0 spiro atoms. The van der Waals surface area contributed by atoms with Crippen LogP contribution in [0.3, 0.4) is 0 Å². The van der Waals surface area contributed by atoms with E-state index in [9.17, 15) is 4.79 Å². The standard InChI is InChI=1S/C21H21N3OS2/c1-26-16-6-4-5-15(13-16)23-20-17-7-2-3-8-19(17)22-14-18(20)21(25)24-9-11-27-12-10-24/h2-8,13-14H,9-12H2,1H3,(H,22,23). The van der Waals surface area contributed by atoms with Crippen molar-refractivity contribution in [2.24, 2.45) is 0 Å². The lowest BCUT2D eigenvalue weighted by atomic mass is 10.1. The van der Waals surface area contributed by atoms with Crippen molar-refractivity contribution >= 4 is 51.7 Å². The Morgan fingerprint density at radius 2 is 1.96 bits per heavy atom. The molecule has 0 bridgehead atoms. The molecule has 4 rings (SSSR count). The van der Waals surface area contributed by atoms with E-state index >= 15 is 0 Å². The highest BCUT2D eigenvalue weighted by molar-refractivity contribution is 7.99. The Morgan fingerprint density at radius 3 is 2.78 bits per heavy atom. The van der Waals surface area contributed by atoms with Crippen LogP contribution in [0.2, 0.25) is 0 Å². The fourth-order valence-electron chi connectivity index (χ4n) is 3.22. The molecule has 0 unspecified atom stereocenters. The maximum atomic E-state index is 13.2. The van der Waals surface area contributed by atoms with Gasteiger partial charge in [0.2, 0.25) is 0 Å². The van der Waals surface area contributed by atoms with Crippen LogP contribution in [-0.4, -0.2) is 46.6 Å². The number of para-hydroxylation sites is 1. The molecule has 4 nitrogen and oxygen atoms in total. The van der Waals surface area contributed by atoms with Crippen molar-refractivity contribution in [2.75, 3.05) is 36.2 Å². The van der Waals surface area contributed by atoms with Gasteiger partial charge in [-0.05, 0) is 30.5 Å². The topological polar surface area (TPSA) is 45.2 Å². The number of carbonyl (C=O) groups excluding carboxylic acids is 1. The van der Waals surface area contributed by atoms with E-state index in [0.29, 0.717) is 5.56 Å². The number of benzene rings is 2. The molecule has 0 aliphatic carbocycles. The zero-order valence-electron chi connectivity index (χ0n) is 15.1. The van der Waals surface area contributed by atoms with Crippen LogP contribution in [0.4, 0.5) is 11.4 Å². The molecule has 0 radical (unpaired) electrons. The number of nitrogens with zero attached hydrogens (tertiary/aromatic N) is 2. The first-order valence-corrected chi connectivity index (χ1v) is 11.3. The van der Waals surface area contributed by atoms with Gasteiger partial charge in [-0.1, -0.05) is 24.3 Å². The van der Waals surface area contributed by atoms with Gasteiger partial charge in [-0.3, -0.25) is 9.78 Å². The monoisotopic (exact) mass is 395 g/mol. The molecule has 6 heteroatoms. The molecule has 2 aromatic carbocycles. The summed E-state index contributed by atoms with van der Waals surface area (Å²) in [5.41, 5.74) is 3.32. The summed E-state index contributed by atoms with van der Waals surface area (Å²) in [6.07, 6.45) is 3.78. The maximum Gasteiger partial charge on any atom is 0.257 e. The molecule has 1 aromatic heterocycles. The number of amides is 1. The number of nitrogens with one attached hydrogen (secondary N) is 1. The second-order valence-electron chi connectivity index (χ2n) is 6.33. The number of hydrogen-bond acceptors (Lipinski definition) is 5. The number of rotatable bonds is 4. The van der Waals surface area contributed by atoms with Gasteiger partial charge in [0, 0.05) is 46.8 Å². The van der Waals surface area contributed by atoms with Crippen molar-refractivity contribution in [3.63, 3.8) is 0 Å². The first kappa shape index (κ1) is 18.2. The Hall–Kier alpha value is -2.18. The van der Waals surface area contributed by atoms with Crippen molar-refractivity contribution < 1.29 is 4.79 Å². The van der Waals surface area contributed by atoms with Crippen LogP contribution in [0.15, 0.2) is 59.6 Å². The maximum absolute atomic E-state index is 13.2. The van der Waals surface area contributed by atoms with E-state index in [1.165, 1.54) is 4.90 Å². The summed E-state index contributed by atoms with van der Waals surface area (Å²) in [7, 11) is 0. The van der Waals surface area contributed by atoms with Gasteiger partial charge in [0.25, 0.3) is 5.91 Å². The molecular weight excluding hydrogens is 374 g/mol. The van der Waals surface area contributed by atoms with Crippen LogP contribution >= 0.6 is 23.5 Å². The van der Waals surface area contributed by atoms with E-state index in [-0.39, 0.29) is 5.91 Å². The Bertz CT molecular complexity index is 971. The van der Waals surface area contributed by atoms with Gasteiger partial charge in [0.05, 0.1) is 16.8 Å². The Balaban J connectivity index is 1.78. The number of pyridine rings is 1. The van der Waals surface area contributed by atoms with E-state index < -0.39 is 0 Å². The molecule has 2 heterocycles. The number of fused-ring (bicyclic) bond motifs is 1. The summed E-state index contributed by atoms with van der Waals surface area (Å²) in [4.78, 5) is 20.9. The van der Waals surface area contributed by atoms with Gasteiger partial charge in [-0.2, -0.15) is 11.8 Å². The summed E-state index contributed by atoms with van der Waals surface area (Å²) < 4.78 is 0. The van der Waals surface area contributed by atoms with Crippen LogP contribution in [-0.2, 0) is 0 Å². The Kier molecular flexibility index (Phi) is 5.55. The van der Waals surface area contributed by atoms with Gasteiger partial charge < -0.3 is 10.2 Å². The third-order valence-electron chi connectivity index (χ3n) is 4.64. The highest BCUT2D eigenvalue weighted by Gasteiger charge is 2.23. The van der Waals surface area contributed by atoms with Crippen molar-refractivity contribution in [3.05, 3.63) is 60.3 Å². The molecule has 0 saturated carbocycles. The first-order chi connectivity index (χ1) is 13.3. The fourth-order valence-corrected chi connectivity index (χ4v) is 4.58. The molecule has 0 atom stereocenters. The normalized spacial score (nSPS) is 14.3. The molecule has 138 valence electrons. The number of thioether (sulfide) groups is 2. The first-order valence-electron chi connectivity index (χ1n) is 8.92. The Labute approximate surface area is 167 Å². The second-order valence-corrected chi connectivity index (χ2v) is 8.43. The third-order valence-corrected chi connectivity index (χ3v) is 6.31. The van der Waals surface area contributed by atoms with Crippen molar-refractivity contribution in [2.45, 2.75) is 4.90 Å². The lowest BCUT2D eigenvalue weighted by molar-refractivity contribution is 0.0773. The van der Waals surface area contributed by atoms with E-state index in [1.807, 2.05) is 53.1 Å². The van der Waals surface area contributed by atoms with Crippen molar-refractivity contribution in [1.29, 1.82) is 0 Å². The number of anilines is 2. The lowest BCUT2D eigenvalue weighted by Gasteiger charge is -2.27. The van der Waals surface area contributed by atoms with E-state index in [0.717, 1.165) is 46.9 Å². The van der Waals surface area contributed by atoms with Crippen LogP contribution in [0, 0.1) is 0 Å². The number of carbonyl (C=O) groups is 1. The Morgan fingerprint density at radius 1 is 1.15 bits per heavy atom. The average Bonchev–Trinajstić information content (AvgIpc) is 2.74. The van der Waals surface area contributed by atoms with Gasteiger partial charge in [0.15, 0.2) is 0 Å². The summed E-state index contributed by atoms with van der Waals surface area (Å²) in [6, 6.07) is 16.2. The summed E-state index contributed by atoms with van der Waals surface area (Å²) >= 11 is 3.60. The largest absolute Gasteiger partial charge is 0.354 e. The minimum atomic E-state index is 0.0528. The van der Waals surface area contributed by atoms with Crippen LogP contribution < -0.4 is 5.32 Å². The molecule has 1 N–H and O–H groups in total. The lowest BCUT2D eigenvalue weighted by Crippen LogP contribution is -2.38. The molecule has 3 aromatic rings. The smallest absolute Gasteiger partial charge is 0.257 e. The zero-order chi connectivity index (χ0) is 18.6. The predicted octanol–water partition coefficient (Wildman–Crippen LogP) is 4.89. The van der Waals surface area contributed by atoms with E-state index in [1.54, 1.807) is 18.0 Å². The predicted molar refractivity (Wildman–Crippen MR) is 116 cm³/mol. The number of aromatic nitrogens is 1. The van der Waals surface area contributed by atoms with Crippen molar-refractivity contribution in [3.8, 4) is 0 Å². The van der Waals surface area contributed by atoms with Gasteiger partial charge in [0.1, 0.15) is 0 Å². The van der Waals surface area contributed by atoms with E-state index in [4.69, 9.17) is 0 Å². The van der Waals surface area contributed by atoms with E-state index in [2.05, 4.69) is 28.7 Å². The molecular formula is C21H21N3OS2. The fraction of sp³-hybridized carbons (Fsp3) is 0.238. The van der Waals surface area contributed by atoms with Crippen LogP contribution in [0.25, 0.3) is 10.9 Å². The SMILES string of the molecule is CSc1cccc(Nc2c(C(=O)N3CCSCC3)cnc3ccccc23)c1. The molecule has 1 fully saturated rings. The summed E-state index contributed by atoms with van der Waals surface area (Å²) in [5, 5.41) is 4.47. The average molecular weight is 396 g/mol. The molecule has 1 aliphatic rings. The van der Waals surface area contributed by atoms with Gasteiger partial charge in [-0.25, -0.2) is 0 Å². The third kappa shape index (κ3) is 3.92. The summed E-state index contributed by atoms with van der Waals surface area (Å²) in [5.74, 6) is 2.04. The van der Waals surface area contributed by atoms with Gasteiger partial charge in [-0.15, -0.1) is 11.8 Å². The second kappa shape index (κ2) is 8.23. The molecule has 1 amide bonds. The molecule has 1 aliphatic heterocycles. The quantitative estimate of drug-likeness (QED) is 0.637. The summed E-state index contributed by atoms with van der Waals surface area (Å²) in [6.45, 7) is 1.58. The van der Waals surface area contributed by atoms with Crippen LogP contribution in [0.1, 0.15) is 10.4 Å². The van der Waals surface area contributed by atoms with Crippen molar-refractivity contribution in [1.82, 2.24) is 9.88 Å². The van der Waals surface area contributed by atoms with Crippen LogP contribution in [0.5, 0.6) is 0 Å².